The van der Waals surface area contributed by atoms with Crippen molar-refractivity contribution in [2.24, 2.45) is 0 Å². The Kier molecular flexibility index (Phi) is 5.80. The highest BCUT2D eigenvalue weighted by Gasteiger charge is 2.23. The van der Waals surface area contributed by atoms with E-state index in [9.17, 15) is 4.79 Å². The van der Waals surface area contributed by atoms with Crippen LogP contribution in [0.1, 0.15) is 38.8 Å². The van der Waals surface area contributed by atoms with E-state index in [1.54, 1.807) is 12.5 Å². The average molecular weight is 399 g/mol. The third-order valence-electron chi connectivity index (χ3n) is 5.28. The second-order valence-corrected chi connectivity index (χ2v) is 7.42. The molecule has 3 heterocycles. The monoisotopic (exact) mass is 399 g/mol. The second-order valence-electron chi connectivity index (χ2n) is 7.42. The SMILES string of the molecule is Cc1cc(C(=O)N(Cc2ccccc2)Cc2ccco2)c(C)n1Cc1ccccn1. The molecule has 0 unspecified atom stereocenters. The summed E-state index contributed by atoms with van der Waals surface area (Å²) >= 11 is 0. The molecule has 1 amide bonds. The van der Waals surface area contributed by atoms with E-state index in [1.165, 1.54) is 0 Å². The van der Waals surface area contributed by atoms with Crippen LogP contribution in [-0.2, 0) is 19.6 Å². The molecule has 0 bridgehead atoms. The Labute approximate surface area is 176 Å². The highest BCUT2D eigenvalue weighted by atomic mass is 16.3. The third kappa shape index (κ3) is 4.35. The van der Waals surface area contributed by atoms with Crippen LogP contribution < -0.4 is 0 Å². The van der Waals surface area contributed by atoms with Gasteiger partial charge in [0, 0.05) is 24.1 Å². The molecule has 0 spiro atoms. The van der Waals surface area contributed by atoms with Crippen molar-refractivity contribution in [3.05, 3.63) is 113 Å². The maximum absolute atomic E-state index is 13.6. The largest absolute Gasteiger partial charge is 0.467 e. The van der Waals surface area contributed by atoms with Gasteiger partial charge in [-0.3, -0.25) is 9.78 Å². The van der Waals surface area contributed by atoms with Crippen molar-refractivity contribution in [3.8, 4) is 0 Å². The van der Waals surface area contributed by atoms with Crippen LogP contribution in [0.5, 0.6) is 0 Å². The van der Waals surface area contributed by atoms with E-state index < -0.39 is 0 Å². The van der Waals surface area contributed by atoms with Gasteiger partial charge in [0.1, 0.15) is 5.76 Å². The predicted molar refractivity (Wildman–Crippen MR) is 116 cm³/mol. The minimum Gasteiger partial charge on any atom is -0.467 e. The smallest absolute Gasteiger partial charge is 0.256 e. The Morgan fingerprint density at radius 3 is 2.50 bits per heavy atom. The number of furan rings is 1. The van der Waals surface area contributed by atoms with Crippen LogP contribution in [0, 0.1) is 13.8 Å². The Hall–Kier alpha value is -3.60. The topological polar surface area (TPSA) is 51.3 Å². The zero-order valence-electron chi connectivity index (χ0n) is 17.3. The number of rotatable bonds is 7. The van der Waals surface area contributed by atoms with E-state index >= 15 is 0 Å². The van der Waals surface area contributed by atoms with Gasteiger partial charge in [0.2, 0.25) is 0 Å². The van der Waals surface area contributed by atoms with Crippen LogP contribution in [0.25, 0.3) is 0 Å². The summed E-state index contributed by atoms with van der Waals surface area (Å²) in [5.41, 5.74) is 4.75. The van der Waals surface area contributed by atoms with Crippen molar-refractivity contribution in [3.63, 3.8) is 0 Å². The van der Waals surface area contributed by atoms with E-state index in [-0.39, 0.29) is 5.91 Å². The molecule has 0 fully saturated rings. The van der Waals surface area contributed by atoms with Crippen LogP contribution in [0.2, 0.25) is 0 Å². The number of aromatic nitrogens is 2. The molecule has 152 valence electrons. The summed E-state index contributed by atoms with van der Waals surface area (Å²) in [6.45, 7) is 5.61. The van der Waals surface area contributed by atoms with Gasteiger partial charge in [-0.2, -0.15) is 0 Å². The number of carbonyl (C=O) groups is 1. The van der Waals surface area contributed by atoms with E-state index in [4.69, 9.17) is 4.42 Å². The van der Waals surface area contributed by atoms with Gasteiger partial charge in [0.25, 0.3) is 5.91 Å². The van der Waals surface area contributed by atoms with Crippen molar-refractivity contribution in [2.75, 3.05) is 0 Å². The van der Waals surface area contributed by atoms with Gasteiger partial charge >= 0.3 is 0 Å². The molecular weight excluding hydrogens is 374 g/mol. The van der Waals surface area contributed by atoms with Crippen molar-refractivity contribution in [2.45, 2.75) is 33.5 Å². The number of amides is 1. The summed E-state index contributed by atoms with van der Waals surface area (Å²) in [5.74, 6) is 0.761. The van der Waals surface area contributed by atoms with Gasteiger partial charge in [-0.15, -0.1) is 0 Å². The molecule has 3 aromatic heterocycles. The molecule has 1 aromatic carbocycles. The fourth-order valence-corrected chi connectivity index (χ4v) is 3.68. The molecule has 5 nitrogen and oxygen atoms in total. The summed E-state index contributed by atoms with van der Waals surface area (Å²) in [5, 5.41) is 0. The standard InChI is InChI=1S/C25H25N3O2/c1-19-15-24(20(2)28(19)17-22-11-6-7-13-26-22)25(29)27(18-23-12-8-14-30-23)16-21-9-4-3-5-10-21/h3-15H,16-18H2,1-2H3. The Morgan fingerprint density at radius 2 is 1.80 bits per heavy atom. The minimum atomic E-state index is -0.00405. The molecule has 0 N–H and O–H groups in total. The number of aryl methyl sites for hydroxylation is 1. The zero-order valence-corrected chi connectivity index (χ0v) is 17.3. The number of hydrogen-bond donors (Lipinski definition) is 0. The van der Waals surface area contributed by atoms with E-state index in [2.05, 4.69) is 9.55 Å². The van der Waals surface area contributed by atoms with Gasteiger partial charge in [0.05, 0.1) is 30.6 Å². The van der Waals surface area contributed by atoms with Gasteiger partial charge in [-0.25, -0.2) is 0 Å². The Balaban J connectivity index is 1.63. The first-order valence-electron chi connectivity index (χ1n) is 10.0. The van der Waals surface area contributed by atoms with Crippen molar-refractivity contribution < 1.29 is 9.21 Å². The first-order chi connectivity index (χ1) is 14.6. The van der Waals surface area contributed by atoms with E-state index in [0.29, 0.717) is 25.2 Å². The first-order valence-corrected chi connectivity index (χ1v) is 10.0. The fraction of sp³-hybridized carbons (Fsp3) is 0.200. The molecule has 4 aromatic rings. The number of hydrogen-bond acceptors (Lipinski definition) is 3. The Bertz CT molecular complexity index is 1100. The van der Waals surface area contributed by atoms with Gasteiger partial charge in [-0.1, -0.05) is 36.4 Å². The maximum atomic E-state index is 13.6. The maximum Gasteiger partial charge on any atom is 0.256 e. The quantitative estimate of drug-likeness (QED) is 0.440. The lowest BCUT2D eigenvalue weighted by molar-refractivity contribution is 0.0717. The van der Waals surface area contributed by atoms with Gasteiger partial charge in [-0.05, 0) is 49.7 Å². The second kappa shape index (κ2) is 8.82. The Morgan fingerprint density at radius 1 is 1.00 bits per heavy atom. The van der Waals surface area contributed by atoms with Crippen molar-refractivity contribution >= 4 is 5.91 Å². The van der Waals surface area contributed by atoms with Crippen LogP contribution in [0.3, 0.4) is 0 Å². The van der Waals surface area contributed by atoms with Gasteiger partial charge < -0.3 is 13.9 Å². The summed E-state index contributed by atoms with van der Waals surface area (Å²) in [4.78, 5) is 19.8. The fourth-order valence-electron chi connectivity index (χ4n) is 3.68. The molecule has 0 aliphatic carbocycles. The number of carbonyl (C=O) groups excluding carboxylic acids is 1. The van der Waals surface area contributed by atoms with Crippen LogP contribution in [0.15, 0.2) is 83.6 Å². The molecule has 0 radical (unpaired) electrons. The van der Waals surface area contributed by atoms with Crippen LogP contribution in [0.4, 0.5) is 0 Å². The number of nitrogens with zero attached hydrogens (tertiary/aromatic N) is 3. The lowest BCUT2D eigenvalue weighted by Crippen LogP contribution is -2.30. The highest BCUT2D eigenvalue weighted by molar-refractivity contribution is 5.95. The lowest BCUT2D eigenvalue weighted by Gasteiger charge is -2.22. The summed E-state index contributed by atoms with van der Waals surface area (Å²) < 4.78 is 7.66. The molecule has 0 saturated heterocycles. The lowest BCUT2D eigenvalue weighted by atomic mass is 10.1. The number of pyridine rings is 1. The molecule has 0 saturated carbocycles. The van der Waals surface area contributed by atoms with Crippen molar-refractivity contribution in [1.29, 1.82) is 0 Å². The summed E-state index contributed by atoms with van der Waals surface area (Å²) in [7, 11) is 0. The predicted octanol–water partition coefficient (Wildman–Crippen LogP) is 4.98. The molecule has 30 heavy (non-hydrogen) atoms. The molecule has 0 aliphatic rings. The minimum absolute atomic E-state index is 0.00405. The first kappa shape index (κ1) is 19.7. The van der Waals surface area contributed by atoms with Crippen molar-refractivity contribution in [1.82, 2.24) is 14.5 Å². The normalized spacial score (nSPS) is 10.9. The molecular formula is C25H25N3O2. The summed E-state index contributed by atoms with van der Waals surface area (Å²) in [6, 6.07) is 21.6. The third-order valence-corrected chi connectivity index (χ3v) is 5.28. The highest BCUT2D eigenvalue weighted by Crippen LogP contribution is 2.21. The van der Waals surface area contributed by atoms with E-state index in [1.807, 2.05) is 85.5 Å². The molecule has 0 atom stereocenters. The summed E-state index contributed by atoms with van der Waals surface area (Å²) in [6.07, 6.45) is 3.43. The molecule has 5 heteroatoms. The molecule has 4 rings (SSSR count). The zero-order chi connectivity index (χ0) is 20.9. The average Bonchev–Trinajstić information content (AvgIpc) is 3.38. The van der Waals surface area contributed by atoms with Crippen LogP contribution >= 0.6 is 0 Å². The van der Waals surface area contributed by atoms with Crippen LogP contribution in [-0.4, -0.2) is 20.4 Å². The number of benzene rings is 1. The van der Waals surface area contributed by atoms with E-state index in [0.717, 1.165) is 28.4 Å². The van der Waals surface area contributed by atoms with Gasteiger partial charge in [0.15, 0.2) is 0 Å². The molecule has 0 aliphatic heterocycles.